The van der Waals surface area contributed by atoms with Crippen LogP contribution in [-0.2, 0) is 4.79 Å². The summed E-state index contributed by atoms with van der Waals surface area (Å²) in [4.78, 5) is 16.3. The fourth-order valence-corrected chi connectivity index (χ4v) is 2.79. The van der Waals surface area contributed by atoms with Crippen molar-refractivity contribution in [2.75, 3.05) is 11.1 Å². The molecule has 1 heterocycles. The first kappa shape index (κ1) is 18.2. The van der Waals surface area contributed by atoms with Crippen molar-refractivity contribution in [2.45, 2.75) is 24.1 Å². The fraction of sp³-hybridized carbons (Fsp3) is 0.176. The molecule has 0 bridgehead atoms. The third-order valence-corrected chi connectivity index (χ3v) is 4.46. The van der Waals surface area contributed by atoms with Gasteiger partial charge in [-0.1, -0.05) is 17.8 Å². The Balaban J connectivity index is 2.16. The van der Waals surface area contributed by atoms with Crippen LogP contribution in [0.5, 0.6) is 0 Å². The van der Waals surface area contributed by atoms with Crippen molar-refractivity contribution >= 4 is 29.2 Å². The largest absolute Gasteiger partial charge is 0.383 e. The zero-order valence-corrected chi connectivity index (χ0v) is 14.3. The number of benzene rings is 1. The number of aromatic nitrogens is 1. The molecule has 0 fully saturated rings. The zero-order chi connectivity index (χ0) is 18.6. The number of thioether (sulfide) groups is 1. The van der Waals surface area contributed by atoms with E-state index in [2.05, 4.69) is 10.3 Å². The normalized spacial score (nSPS) is 11.2. The van der Waals surface area contributed by atoms with Crippen LogP contribution in [0.2, 0.25) is 0 Å². The molecule has 1 amide bonds. The van der Waals surface area contributed by atoms with Gasteiger partial charge in [-0.05, 0) is 37.6 Å². The van der Waals surface area contributed by atoms with Gasteiger partial charge in [0.25, 0.3) is 0 Å². The van der Waals surface area contributed by atoms with E-state index in [4.69, 9.17) is 11.0 Å². The van der Waals surface area contributed by atoms with E-state index >= 15 is 0 Å². The molecular weight excluding hydrogens is 341 g/mol. The average Bonchev–Trinajstić information content (AvgIpc) is 2.58. The molecule has 2 aromatic rings. The van der Waals surface area contributed by atoms with Crippen LogP contribution in [0.1, 0.15) is 23.6 Å². The van der Waals surface area contributed by atoms with E-state index in [-0.39, 0.29) is 27.9 Å². The minimum Gasteiger partial charge on any atom is -0.383 e. The van der Waals surface area contributed by atoms with E-state index in [1.54, 1.807) is 26.0 Å². The number of nitrogens with zero attached hydrogens (tertiary/aromatic N) is 3. The number of anilines is 2. The second kappa shape index (κ2) is 7.65. The molecule has 0 aliphatic carbocycles. The molecule has 0 saturated carbocycles. The van der Waals surface area contributed by atoms with Crippen LogP contribution in [0.15, 0.2) is 29.3 Å². The standard InChI is InChI=1S/C17H14FN5OS/c1-9-3-4-13(6-14(9)18)22-16(24)10(2)25-17-12(8-20)5-11(7-19)15(21)23-17/h3-6,10H,1-2H3,(H2,21,23)(H,22,24)/t10-/m0/s1. The first-order chi connectivity index (χ1) is 11.8. The van der Waals surface area contributed by atoms with Crippen molar-refractivity contribution < 1.29 is 9.18 Å². The van der Waals surface area contributed by atoms with Crippen molar-refractivity contribution in [2.24, 2.45) is 0 Å². The monoisotopic (exact) mass is 355 g/mol. The quantitative estimate of drug-likeness (QED) is 0.815. The van der Waals surface area contributed by atoms with E-state index in [1.807, 2.05) is 12.1 Å². The zero-order valence-electron chi connectivity index (χ0n) is 13.5. The van der Waals surface area contributed by atoms with E-state index in [0.29, 0.717) is 11.3 Å². The topological polar surface area (TPSA) is 116 Å². The maximum Gasteiger partial charge on any atom is 0.237 e. The number of hydrogen-bond acceptors (Lipinski definition) is 6. The van der Waals surface area contributed by atoms with Gasteiger partial charge in [-0.2, -0.15) is 10.5 Å². The number of nitrogen functional groups attached to an aromatic ring is 1. The second-order valence-corrected chi connectivity index (χ2v) is 6.54. The maximum atomic E-state index is 13.5. The van der Waals surface area contributed by atoms with Gasteiger partial charge in [0, 0.05) is 5.69 Å². The van der Waals surface area contributed by atoms with E-state index < -0.39 is 11.1 Å². The second-order valence-electron chi connectivity index (χ2n) is 5.21. The Bertz CT molecular complexity index is 916. The molecule has 25 heavy (non-hydrogen) atoms. The Morgan fingerprint density at radius 2 is 2.00 bits per heavy atom. The summed E-state index contributed by atoms with van der Waals surface area (Å²) in [6.45, 7) is 3.26. The summed E-state index contributed by atoms with van der Waals surface area (Å²) in [6.07, 6.45) is 0. The third kappa shape index (κ3) is 4.25. The number of rotatable bonds is 4. The number of nitrogens with two attached hydrogens (primary N) is 1. The highest BCUT2D eigenvalue weighted by atomic mass is 32.2. The SMILES string of the molecule is Cc1ccc(NC(=O)[C@H](C)Sc2nc(N)c(C#N)cc2C#N)cc1F. The van der Waals surface area contributed by atoms with Gasteiger partial charge in [0.15, 0.2) is 0 Å². The first-order valence-electron chi connectivity index (χ1n) is 7.20. The lowest BCUT2D eigenvalue weighted by Crippen LogP contribution is -2.22. The lowest BCUT2D eigenvalue weighted by Gasteiger charge is -2.13. The molecule has 6 nitrogen and oxygen atoms in total. The molecule has 0 aliphatic rings. The molecule has 1 aromatic heterocycles. The Morgan fingerprint density at radius 3 is 2.60 bits per heavy atom. The summed E-state index contributed by atoms with van der Waals surface area (Å²) in [5.74, 6) is -0.787. The highest BCUT2D eigenvalue weighted by Crippen LogP contribution is 2.28. The number of pyridine rings is 1. The number of halogens is 1. The first-order valence-corrected chi connectivity index (χ1v) is 8.08. The van der Waals surface area contributed by atoms with Gasteiger partial charge < -0.3 is 11.1 Å². The molecule has 1 aromatic carbocycles. The van der Waals surface area contributed by atoms with Gasteiger partial charge in [0.05, 0.1) is 16.4 Å². The smallest absolute Gasteiger partial charge is 0.237 e. The van der Waals surface area contributed by atoms with Crippen molar-refractivity contribution in [1.29, 1.82) is 10.5 Å². The van der Waals surface area contributed by atoms with E-state index in [9.17, 15) is 14.4 Å². The van der Waals surface area contributed by atoms with Crippen molar-refractivity contribution in [1.82, 2.24) is 4.98 Å². The average molecular weight is 355 g/mol. The minimum atomic E-state index is -0.615. The number of hydrogen-bond donors (Lipinski definition) is 2. The van der Waals surface area contributed by atoms with Crippen LogP contribution >= 0.6 is 11.8 Å². The highest BCUT2D eigenvalue weighted by molar-refractivity contribution is 8.00. The molecule has 0 aliphatic heterocycles. The van der Waals surface area contributed by atoms with Crippen molar-refractivity contribution in [3.05, 3.63) is 46.8 Å². The molecule has 1 atom stereocenters. The molecular formula is C17H14FN5OS. The number of carbonyl (C=O) groups excluding carboxylic acids is 1. The molecule has 0 spiro atoms. The van der Waals surface area contributed by atoms with Crippen molar-refractivity contribution in [3.8, 4) is 12.1 Å². The van der Waals surface area contributed by atoms with E-state index in [0.717, 1.165) is 11.8 Å². The van der Waals surface area contributed by atoms with Crippen LogP contribution in [-0.4, -0.2) is 16.1 Å². The summed E-state index contributed by atoms with van der Waals surface area (Å²) in [7, 11) is 0. The van der Waals surface area contributed by atoms with Gasteiger partial charge in [0.1, 0.15) is 28.8 Å². The summed E-state index contributed by atoms with van der Waals surface area (Å²) < 4.78 is 13.5. The molecule has 2 rings (SSSR count). The Kier molecular flexibility index (Phi) is 5.58. The van der Waals surface area contributed by atoms with Gasteiger partial charge in [0.2, 0.25) is 5.91 Å². The number of nitrogens with one attached hydrogen (secondary N) is 1. The third-order valence-electron chi connectivity index (χ3n) is 3.35. The predicted octanol–water partition coefficient (Wildman–Crippen LogP) is 2.97. The van der Waals surface area contributed by atoms with E-state index in [1.165, 1.54) is 12.1 Å². The number of aryl methyl sites for hydroxylation is 1. The number of carbonyl (C=O) groups is 1. The number of amides is 1. The van der Waals surface area contributed by atoms with Gasteiger partial charge in [-0.3, -0.25) is 4.79 Å². The van der Waals surface area contributed by atoms with Crippen molar-refractivity contribution in [3.63, 3.8) is 0 Å². The Labute approximate surface area is 148 Å². The summed E-state index contributed by atoms with van der Waals surface area (Å²) in [5, 5.41) is 20.4. The highest BCUT2D eigenvalue weighted by Gasteiger charge is 2.19. The molecule has 0 radical (unpaired) electrons. The van der Waals surface area contributed by atoms with Crippen LogP contribution in [0.25, 0.3) is 0 Å². The molecule has 3 N–H and O–H groups in total. The van der Waals surface area contributed by atoms with Gasteiger partial charge >= 0.3 is 0 Å². The molecule has 0 saturated heterocycles. The molecule has 0 unspecified atom stereocenters. The summed E-state index contributed by atoms with van der Waals surface area (Å²) >= 11 is 1.03. The Morgan fingerprint density at radius 1 is 1.32 bits per heavy atom. The van der Waals surface area contributed by atoms with Crippen LogP contribution in [0.4, 0.5) is 15.9 Å². The van der Waals surface area contributed by atoms with Crippen LogP contribution in [0, 0.1) is 35.4 Å². The lowest BCUT2D eigenvalue weighted by atomic mass is 10.2. The summed E-state index contributed by atoms with van der Waals surface area (Å²) in [6, 6.07) is 9.54. The van der Waals surface area contributed by atoms with Gasteiger partial charge in [-0.15, -0.1) is 0 Å². The fourth-order valence-electron chi connectivity index (χ4n) is 1.90. The summed E-state index contributed by atoms with van der Waals surface area (Å²) in [5.41, 5.74) is 6.76. The Hall–Kier alpha value is -3.10. The molecule has 126 valence electrons. The number of nitriles is 2. The maximum absolute atomic E-state index is 13.5. The minimum absolute atomic E-state index is 0.00258. The van der Waals surface area contributed by atoms with Gasteiger partial charge in [-0.25, -0.2) is 9.37 Å². The molecule has 8 heteroatoms. The predicted molar refractivity (Wildman–Crippen MR) is 93.2 cm³/mol. The van der Waals surface area contributed by atoms with Crippen LogP contribution in [0.3, 0.4) is 0 Å². The lowest BCUT2D eigenvalue weighted by molar-refractivity contribution is -0.115. The van der Waals surface area contributed by atoms with Crippen LogP contribution < -0.4 is 11.1 Å².